The maximum atomic E-state index is 14.0. The lowest BCUT2D eigenvalue weighted by Crippen LogP contribution is -2.33. The lowest BCUT2D eigenvalue weighted by atomic mass is 10.1. The average molecular weight is 556 g/mol. The van der Waals surface area contributed by atoms with Gasteiger partial charge in [-0.25, -0.2) is 9.87 Å². The van der Waals surface area contributed by atoms with Crippen molar-refractivity contribution >= 4 is 67.4 Å². The smallest absolute Gasteiger partial charge is 0.277 e. The number of carbonyl (C=O) groups is 1. The van der Waals surface area contributed by atoms with Gasteiger partial charge in [0.2, 0.25) is 0 Å². The molecule has 0 aromatic heterocycles. The summed E-state index contributed by atoms with van der Waals surface area (Å²) in [7, 11) is 0. The van der Waals surface area contributed by atoms with Crippen LogP contribution in [0.15, 0.2) is 34.8 Å². The summed E-state index contributed by atoms with van der Waals surface area (Å²) in [6.45, 7) is -0.177. The molecule has 3 N–H and O–H groups in total. The van der Waals surface area contributed by atoms with E-state index in [1.165, 1.54) is 12.1 Å². The van der Waals surface area contributed by atoms with Crippen LogP contribution in [0.2, 0.25) is 5.02 Å². The highest BCUT2D eigenvalue weighted by Gasteiger charge is 2.45. The molecule has 3 rings (SSSR count). The van der Waals surface area contributed by atoms with Crippen LogP contribution in [0.3, 0.4) is 0 Å². The van der Waals surface area contributed by atoms with Gasteiger partial charge < -0.3 is 10.4 Å². The Kier molecular flexibility index (Phi) is 6.07. The molecule has 0 spiro atoms. The number of aliphatic hydroxyl groups is 1. The molecule has 0 bridgehead atoms. The van der Waals surface area contributed by atoms with E-state index in [4.69, 9.17) is 16.4 Å². The molecule has 1 fully saturated rings. The van der Waals surface area contributed by atoms with Gasteiger partial charge in [-0.2, -0.15) is 0 Å². The zero-order valence-corrected chi connectivity index (χ0v) is 17.8. The maximum absolute atomic E-state index is 14.0. The molecule has 0 aliphatic heterocycles. The Hall–Kier alpha value is -0.940. The Balaban J connectivity index is 1.86. The minimum absolute atomic E-state index is 0.144. The van der Waals surface area contributed by atoms with Crippen molar-refractivity contribution in [3.8, 4) is 0 Å². The number of benzene rings is 2. The lowest BCUT2D eigenvalue weighted by Gasteiger charge is -2.17. The van der Waals surface area contributed by atoms with Gasteiger partial charge in [-0.05, 0) is 81.7 Å². The molecule has 1 aliphatic rings. The normalized spacial score (nSPS) is 14.8. The number of carbonyl (C=O) groups excluding carboxylic acids is 1. The largest absolute Gasteiger partial charge is 0.393 e. The van der Waals surface area contributed by atoms with E-state index in [2.05, 4.69) is 49.3 Å². The first-order chi connectivity index (χ1) is 12.3. The van der Waals surface area contributed by atoms with Gasteiger partial charge in [-0.1, -0.05) is 11.6 Å². The number of hydroxylamine groups is 1. The lowest BCUT2D eigenvalue weighted by molar-refractivity contribution is -0.0566. The number of hydrogen-bond acceptors (Lipinski definition) is 4. The summed E-state index contributed by atoms with van der Waals surface area (Å²) in [5, 5.41) is 12.7. The fraction of sp³-hybridized carbons (Fsp3) is 0.235. The van der Waals surface area contributed by atoms with Crippen LogP contribution in [0.5, 0.6) is 0 Å². The zero-order valence-electron chi connectivity index (χ0n) is 13.3. The molecule has 1 aliphatic carbocycles. The van der Waals surface area contributed by atoms with Crippen LogP contribution < -0.4 is 10.8 Å². The second-order valence-electron chi connectivity index (χ2n) is 5.94. The van der Waals surface area contributed by atoms with Gasteiger partial charge in [0, 0.05) is 3.57 Å². The predicted octanol–water partition coefficient (Wildman–Crippen LogP) is 4.78. The van der Waals surface area contributed by atoms with Crippen LogP contribution in [-0.2, 0) is 4.84 Å². The third-order valence-electron chi connectivity index (χ3n) is 3.96. The number of hydrogen-bond donors (Lipinski definition) is 3. The van der Waals surface area contributed by atoms with Gasteiger partial charge in [0.1, 0.15) is 11.4 Å². The van der Waals surface area contributed by atoms with E-state index in [1.54, 1.807) is 12.1 Å². The summed E-state index contributed by atoms with van der Waals surface area (Å²) in [6.07, 6.45) is 1.33. The number of anilines is 2. The molecule has 0 atom stereocenters. The van der Waals surface area contributed by atoms with Crippen molar-refractivity contribution in [3.63, 3.8) is 0 Å². The SMILES string of the molecule is O=C(NOC1(CO)CC1)c1cc(Br)c(F)cc1Nc1ccc(I)cc1Cl. The fourth-order valence-corrected chi connectivity index (χ4v) is 3.46. The molecule has 1 amide bonds. The minimum atomic E-state index is -0.708. The van der Waals surface area contributed by atoms with Crippen LogP contribution in [-0.4, -0.2) is 23.2 Å². The number of rotatable bonds is 6. The summed E-state index contributed by atoms with van der Waals surface area (Å²) in [4.78, 5) is 17.8. The Bertz CT molecular complexity index is 864. The first-order valence-corrected chi connectivity index (χ1v) is 9.89. The standard InChI is InChI=1S/C17H14BrClFIN2O3/c18-11-6-10(16(25)23-26-17(8-24)3-4-17)15(7-13(11)20)22-14-2-1-9(21)5-12(14)19/h1-2,5-7,22,24H,3-4,8H2,(H,23,25). The van der Waals surface area contributed by atoms with Crippen LogP contribution >= 0.6 is 50.1 Å². The van der Waals surface area contributed by atoms with E-state index in [9.17, 15) is 14.3 Å². The number of nitrogens with one attached hydrogen (secondary N) is 2. The Morgan fingerprint density at radius 3 is 2.69 bits per heavy atom. The predicted molar refractivity (Wildman–Crippen MR) is 109 cm³/mol. The zero-order chi connectivity index (χ0) is 18.9. The number of aliphatic hydroxyl groups excluding tert-OH is 1. The number of halogens is 4. The van der Waals surface area contributed by atoms with Crippen molar-refractivity contribution in [1.29, 1.82) is 0 Å². The van der Waals surface area contributed by atoms with Gasteiger partial charge in [-0.15, -0.1) is 0 Å². The quantitative estimate of drug-likeness (QED) is 0.355. The van der Waals surface area contributed by atoms with Gasteiger partial charge in [0.25, 0.3) is 5.91 Å². The highest BCUT2D eigenvalue weighted by Crippen LogP contribution is 2.38. The van der Waals surface area contributed by atoms with Crippen LogP contribution in [0, 0.1) is 9.39 Å². The first kappa shape index (κ1) is 19.8. The molecule has 2 aromatic rings. The molecular weight excluding hydrogens is 541 g/mol. The molecule has 0 unspecified atom stereocenters. The molecule has 0 saturated heterocycles. The minimum Gasteiger partial charge on any atom is -0.393 e. The van der Waals surface area contributed by atoms with Crippen LogP contribution in [0.25, 0.3) is 0 Å². The molecule has 9 heteroatoms. The van der Waals surface area contributed by atoms with Gasteiger partial charge in [0.05, 0.1) is 33.0 Å². The molecule has 0 heterocycles. The summed E-state index contributed by atoms with van der Waals surface area (Å²) >= 11 is 11.4. The summed E-state index contributed by atoms with van der Waals surface area (Å²) < 4.78 is 15.1. The van der Waals surface area contributed by atoms with Gasteiger partial charge in [0.15, 0.2) is 0 Å². The third-order valence-corrected chi connectivity index (χ3v) is 5.55. The highest BCUT2D eigenvalue weighted by molar-refractivity contribution is 14.1. The Morgan fingerprint density at radius 2 is 2.08 bits per heavy atom. The van der Waals surface area contributed by atoms with E-state index in [0.717, 1.165) is 3.57 Å². The molecule has 0 radical (unpaired) electrons. The highest BCUT2D eigenvalue weighted by atomic mass is 127. The van der Waals surface area contributed by atoms with Crippen molar-refractivity contribution in [2.75, 3.05) is 11.9 Å². The number of amides is 1. The van der Waals surface area contributed by atoms with Crippen molar-refractivity contribution < 1.29 is 19.1 Å². The molecule has 2 aromatic carbocycles. The van der Waals surface area contributed by atoms with Crippen molar-refractivity contribution in [2.24, 2.45) is 0 Å². The molecule has 26 heavy (non-hydrogen) atoms. The van der Waals surface area contributed by atoms with Crippen LogP contribution in [0.1, 0.15) is 23.2 Å². The third kappa shape index (κ3) is 4.48. The maximum Gasteiger partial charge on any atom is 0.277 e. The van der Waals surface area contributed by atoms with Crippen molar-refractivity contribution in [1.82, 2.24) is 5.48 Å². The molecule has 5 nitrogen and oxygen atoms in total. The summed E-state index contributed by atoms with van der Waals surface area (Å²) in [6, 6.07) is 7.89. The molecule has 1 saturated carbocycles. The van der Waals surface area contributed by atoms with Crippen molar-refractivity contribution in [2.45, 2.75) is 18.4 Å². The topological polar surface area (TPSA) is 70.6 Å². The molecular formula is C17H14BrClFIN2O3. The summed E-state index contributed by atoms with van der Waals surface area (Å²) in [5.41, 5.74) is 2.57. The second-order valence-corrected chi connectivity index (χ2v) is 8.44. The monoisotopic (exact) mass is 554 g/mol. The Morgan fingerprint density at radius 1 is 1.35 bits per heavy atom. The van der Waals surface area contributed by atoms with Crippen molar-refractivity contribution in [3.05, 3.63) is 54.8 Å². The van der Waals surface area contributed by atoms with Gasteiger partial charge in [-0.3, -0.25) is 9.63 Å². The van der Waals surface area contributed by atoms with E-state index in [1.807, 2.05) is 6.07 Å². The van der Waals surface area contributed by atoms with E-state index < -0.39 is 17.3 Å². The van der Waals surface area contributed by atoms with Crippen LogP contribution in [0.4, 0.5) is 15.8 Å². The van der Waals surface area contributed by atoms with Gasteiger partial charge >= 0.3 is 0 Å². The van der Waals surface area contributed by atoms with E-state index >= 15 is 0 Å². The Labute approximate surface area is 176 Å². The van der Waals surface area contributed by atoms with E-state index in [0.29, 0.717) is 23.6 Å². The molecule has 138 valence electrons. The fourth-order valence-electron chi connectivity index (χ4n) is 2.22. The average Bonchev–Trinajstić information content (AvgIpc) is 3.39. The first-order valence-electron chi connectivity index (χ1n) is 7.64. The van der Waals surface area contributed by atoms with E-state index in [-0.39, 0.29) is 22.3 Å². The second kappa shape index (κ2) is 7.97. The summed E-state index contributed by atoms with van der Waals surface area (Å²) in [5.74, 6) is -1.09.